The molecule has 1 fully saturated rings. The minimum atomic E-state index is -3.09. The fourth-order valence-electron chi connectivity index (χ4n) is 3.81. The van der Waals surface area contributed by atoms with Gasteiger partial charge in [0.05, 0.1) is 39.8 Å². The lowest BCUT2D eigenvalue weighted by molar-refractivity contribution is 0.220. The minimum absolute atomic E-state index is 0.0150. The second-order valence-corrected chi connectivity index (χ2v) is 12.3. The van der Waals surface area contributed by atoms with Gasteiger partial charge in [0.1, 0.15) is 17.3 Å². The Hall–Kier alpha value is -2.27. The Kier molecular flexibility index (Phi) is 7.65. The Morgan fingerprint density at radius 3 is 2.69 bits per heavy atom. The third-order valence-corrected chi connectivity index (χ3v) is 8.53. The van der Waals surface area contributed by atoms with Crippen LogP contribution >= 0.6 is 39.1 Å². The first-order valence-corrected chi connectivity index (χ1v) is 14.1. The normalized spacial score (nSPS) is 16.8. The first-order chi connectivity index (χ1) is 16.5. The summed E-state index contributed by atoms with van der Waals surface area (Å²) in [6.45, 7) is 2.05. The number of hydrogen-bond donors (Lipinski definition) is 1. The number of sulfone groups is 1. The van der Waals surface area contributed by atoms with Crippen molar-refractivity contribution in [1.29, 1.82) is 0 Å². The summed E-state index contributed by atoms with van der Waals surface area (Å²) in [6, 6.07) is 11.6. The van der Waals surface area contributed by atoms with Gasteiger partial charge < -0.3 is 9.64 Å². The van der Waals surface area contributed by atoms with Gasteiger partial charge in [-0.25, -0.2) is 17.9 Å². The van der Waals surface area contributed by atoms with Crippen LogP contribution in [0.25, 0.3) is 0 Å². The van der Waals surface area contributed by atoms with Crippen molar-refractivity contribution in [2.75, 3.05) is 23.9 Å². The predicted octanol–water partition coefficient (Wildman–Crippen LogP) is 6.08. The molecule has 0 bridgehead atoms. The molecule has 186 valence electrons. The van der Waals surface area contributed by atoms with Crippen LogP contribution in [0.3, 0.4) is 0 Å². The van der Waals surface area contributed by atoms with Crippen molar-refractivity contribution in [1.82, 2.24) is 14.7 Å². The summed E-state index contributed by atoms with van der Waals surface area (Å²) >= 11 is 15.6. The summed E-state index contributed by atoms with van der Waals surface area (Å²) in [5.41, 5.74) is 1.46. The Balaban J connectivity index is 1.49. The molecular weight excluding hydrogens is 579 g/mol. The van der Waals surface area contributed by atoms with Gasteiger partial charge in [-0.1, -0.05) is 45.2 Å². The summed E-state index contributed by atoms with van der Waals surface area (Å²) in [7, 11) is -1.43. The first-order valence-electron chi connectivity index (χ1n) is 10.7. The van der Waals surface area contributed by atoms with E-state index in [1.165, 1.54) is 4.90 Å². The summed E-state index contributed by atoms with van der Waals surface area (Å²) < 4.78 is 32.3. The lowest BCUT2D eigenvalue weighted by Crippen LogP contribution is -2.32. The third-order valence-electron chi connectivity index (χ3n) is 5.55. The third kappa shape index (κ3) is 6.30. The Morgan fingerprint density at radius 2 is 2.00 bits per heavy atom. The van der Waals surface area contributed by atoms with Crippen LogP contribution in [0.1, 0.15) is 23.7 Å². The van der Waals surface area contributed by atoms with E-state index in [9.17, 15) is 13.2 Å². The number of nitrogens with zero attached hydrogens (tertiary/aromatic N) is 3. The van der Waals surface area contributed by atoms with Gasteiger partial charge >= 0.3 is 6.03 Å². The molecule has 8 nitrogen and oxygen atoms in total. The highest BCUT2D eigenvalue weighted by Crippen LogP contribution is 2.33. The van der Waals surface area contributed by atoms with Crippen molar-refractivity contribution in [3.63, 3.8) is 0 Å². The van der Waals surface area contributed by atoms with Crippen molar-refractivity contribution in [3.05, 3.63) is 68.2 Å². The van der Waals surface area contributed by atoms with Gasteiger partial charge in [0, 0.05) is 29.2 Å². The van der Waals surface area contributed by atoms with Crippen molar-refractivity contribution in [2.24, 2.45) is 0 Å². The van der Waals surface area contributed by atoms with Gasteiger partial charge in [0.25, 0.3) is 0 Å². The molecule has 2 aromatic carbocycles. The SMILES string of the molecule is Cc1cc(NC(=O)N(C)Cc2ccc(Br)cc2Oc2ccc(Cl)c(Cl)c2)n(C2CCS(=O)(=O)C2)n1. The number of hydrogen-bond acceptors (Lipinski definition) is 5. The number of carbonyl (C=O) groups excluding carboxylic acids is 1. The van der Waals surface area contributed by atoms with Crippen LogP contribution in [0.5, 0.6) is 11.5 Å². The number of amides is 2. The summed E-state index contributed by atoms with van der Waals surface area (Å²) in [5.74, 6) is 1.66. The zero-order valence-corrected chi connectivity index (χ0v) is 22.9. The molecule has 4 rings (SSSR count). The monoisotopic (exact) mass is 600 g/mol. The van der Waals surface area contributed by atoms with Crippen LogP contribution in [-0.2, 0) is 16.4 Å². The second-order valence-electron chi connectivity index (χ2n) is 8.39. The number of halogens is 3. The van der Waals surface area contributed by atoms with Gasteiger partial charge in [-0.3, -0.25) is 5.32 Å². The van der Waals surface area contributed by atoms with E-state index in [1.54, 1.807) is 42.9 Å². The van der Waals surface area contributed by atoms with Crippen molar-refractivity contribution < 1.29 is 17.9 Å². The predicted molar refractivity (Wildman–Crippen MR) is 140 cm³/mol. The molecule has 1 N–H and O–H groups in total. The number of benzene rings is 2. The molecule has 0 spiro atoms. The van der Waals surface area contributed by atoms with Crippen molar-refractivity contribution in [3.8, 4) is 11.5 Å². The van der Waals surface area contributed by atoms with Crippen molar-refractivity contribution in [2.45, 2.75) is 25.9 Å². The number of carbonyl (C=O) groups is 1. The number of rotatable bonds is 6. The zero-order valence-electron chi connectivity index (χ0n) is 19.0. The van der Waals surface area contributed by atoms with E-state index < -0.39 is 9.84 Å². The van der Waals surface area contributed by atoms with Crippen LogP contribution in [0, 0.1) is 6.92 Å². The minimum Gasteiger partial charge on any atom is -0.457 e. The quantitative estimate of drug-likeness (QED) is 0.370. The van der Waals surface area contributed by atoms with Crippen LogP contribution < -0.4 is 10.1 Å². The molecule has 1 aliphatic heterocycles. The van der Waals surface area contributed by atoms with E-state index in [0.717, 1.165) is 10.0 Å². The van der Waals surface area contributed by atoms with Crippen molar-refractivity contribution >= 4 is 60.8 Å². The number of nitrogens with one attached hydrogen (secondary N) is 1. The standard InChI is InChI=1S/C23H23BrCl2N4O4S/c1-14-9-22(30(28-14)17-7-8-35(32,33)13-17)27-23(31)29(2)12-15-3-4-16(24)10-21(15)34-18-5-6-19(25)20(26)11-18/h3-6,9-11,17H,7-8,12-13H2,1-2H3,(H,27,31). The summed E-state index contributed by atoms with van der Waals surface area (Å²) in [5, 5.41) is 8.07. The highest BCUT2D eigenvalue weighted by Gasteiger charge is 2.31. The maximum absolute atomic E-state index is 13.0. The molecular formula is C23H23BrCl2N4O4S. The average molecular weight is 602 g/mol. The molecule has 3 aromatic rings. The van der Waals surface area contributed by atoms with Crippen LogP contribution in [0.15, 0.2) is 46.9 Å². The van der Waals surface area contributed by atoms with Crippen LogP contribution in [0.4, 0.5) is 10.6 Å². The molecule has 1 atom stereocenters. The number of urea groups is 1. The van der Waals surface area contributed by atoms with Gasteiger partial charge in [-0.2, -0.15) is 5.10 Å². The summed E-state index contributed by atoms with van der Waals surface area (Å²) in [4.78, 5) is 14.5. The Morgan fingerprint density at radius 1 is 1.23 bits per heavy atom. The number of ether oxygens (including phenoxy) is 1. The van der Waals surface area contributed by atoms with E-state index in [-0.39, 0.29) is 30.1 Å². The molecule has 0 saturated carbocycles. The zero-order chi connectivity index (χ0) is 25.3. The molecule has 0 radical (unpaired) electrons. The molecule has 2 heterocycles. The molecule has 0 aliphatic carbocycles. The molecule has 1 saturated heterocycles. The lowest BCUT2D eigenvalue weighted by Gasteiger charge is -2.21. The largest absolute Gasteiger partial charge is 0.457 e. The van der Waals surface area contributed by atoms with Gasteiger partial charge in [0.15, 0.2) is 9.84 Å². The Bertz CT molecular complexity index is 1380. The first kappa shape index (κ1) is 25.8. The highest BCUT2D eigenvalue weighted by molar-refractivity contribution is 9.10. The maximum atomic E-state index is 13.0. The van der Waals surface area contributed by atoms with E-state index >= 15 is 0 Å². The van der Waals surface area contributed by atoms with Gasteiger partial charge in [0.2, 0.25) is 0 Å². The molecule has 12 heteroatoms. The van der Waals surface area contributed by atoms with Gasteiger partial charge in [-0.15, -0.1) is 0 Å². The molecule has 1 unspecified atom stereocenters. The smallest absolute Gasteiger partial charge is 0.323 e. The van der Waals surface area contributed by atoms with E-state index in [2.05, 4.69) is 26.3 Å². The summed E-state index contributed by atoms with van der Waals surface area (Å²) in [6.07, 6.45) is 0.469. The second kappa shape index (κ2) is 10.4. The van der Waals surface area contributed by atoms with Gasteiger partial charge in [-0.05, 0) is 37.6 Å². The molecule has 35 heavy (non-hydrogen) atoms. The van der Waals surface area contributed by atoms with E-state index in [1.807, 2.05) is 18.2 Å². The number of aryl methyl sites for hydroxylation is 1. The average Bonchev–Trinajstić information content (AvgIpc) is 3.33. The fourth-order valence-corrected chi connectivity index (χ4v) is 6.13. The fraction of sp³-hybridized carbons (Fsp3) is 0.304. The maximum Gasteiger partial charge on any atom is 0.323 e. The molecule has 1 aliphatic rings. The Labute approximate surface area is 222 Å². The highest BCUT2D eigenvalue weighted by atomic mass is 79.9. The van der Waals surface area contributed by atoms with Crippen LogP contribution in [-0.4, -0.2) is 47.7 Å². The molecule has 1 aromatic heterocycles. The van der Waals surface area contributed by atoms with E-state index in [4.69, 9.17) is 27.9 Å². The lowest BCUT2D eigenvalue weighted by atomic mass is 10.2. The number of anilines is 1. The van der Waals surface area contributed by atoms with Crippen LogP contribution in [0.2, 0.25) is 10.0 Å². The molecule has 2 amide bonds. The van der Waals surface area contributed by atoms with E-state index in [0.29, 0.717) is 39.5 Å². The number of aromatic nitrogens is 2. The topological polar surface area (TPSA) is 93.5 Å².